The van der Waals surface area contributed by atoms with Gasteiger partial charge in [0.2, 0.25) is 5.91 Å². The molecule has 1 heterocycles. The summed E-state index contributed by atoms with van der Waals surface area (Å²) in [6, 6.07) is 22.9. The third-order valence-electron chi connectivity index (χ3n) is 5.81. The maximum absolute atomic E-state index is 13.2. The quantitative estimate of drug-likeness (QED) is 0.309. The Morgan fingerprint density at radius 2 is 1.78 bits per heavy atom. The van der Waals surface area contributed by atoms with E-state index in [0.717, 1.165) is 39.4 Å². The number of aldehydes is 1. The standard InChI is InChI=1S/C27H26N2O3/c1-2-29(27(32)22(18-30)15-19-11-13-23(31)14-12-19)17-21-9-6-10-24-25(16-28-26(21)24)20-7-4-3-5-8-20/h3-14,16,18,22,28,31H,2,15,17H2,1H3. The van der Waals surface area contributed by atoms with Crippen molar-refractivity contribution in [2.45, 2.75) is 19.9 Å². The van der Waals surface area contributed by atoms with Gasteiger partial charge < -0.3 is 19.8 Å². The van der Waals surface area contributed by atoms with Gasteiger partial charge in [-0.15, -0.1) is 0 Å². The normalized spacial score (nSPS) is 11.9. The number of para-hydroxylation sites is 1. The first-order valence-electron chi connectivity index (χ1n) is 10.8. The molecule has 2 N–H and O–H groups in total. The molecule has 32 heavy (non-hydrogen) atoms. The molecule has 0 saturated carbocycles. The molecule has 0 radical (unpaired) electrons. The molecule has 5 heteroatoms. The monoisotopic (exact) mass is 426 g/mol. The molecular formula is C27H26N2O3. The van der Waals surface area contributed by atoms with E-state index in [1.165, 1.54) is 0 Å². The van der Waals surface area contributed by atoms with Crippen molar-refractivity contribution in [3.63, 3.8) is 0 Å². The molecule has 0 spiro atoms. The Hall–Kier alpha value is -3.86. The Kier molecular flexibility index (Phi) is 6.36. The topological polar surface area (TPSA) is 73.4 Å². The average molecular weight is 427 g/mol. The predicted molar refractivity (Wildman–Crippen MR) is 126 cm³/mol. The minimum Gasteiger partial charge on any atom is -0.508 e. The van der Waals surface area contributed by atoms with E-state index in [9.17, 15) is 14.7 Å². The van der Waals surface area contributed by atoms with Gasteiger partial charge in [0.1, 0.15) is 12.0 Å². The summed E-state index contributed by atoms with van der Waals surface area (Å²) >= 11 is 0. The number of aromatic amines is 1. The fraction of sp³-hybridized carbons (Fsp3) is 0.185. The van der Waals surface area contributed by atoms with Crippen molar-refractivity contribution in [3.8, 4) is 16.9 Å². The second-order valence-corrected chi connectivity index (χ2v) is 7.87. The number of carbonyl (C=O) groups excluding carboxylic acids is 2. The van der Waals surface area contributed by atoms with Crippen LogP contribution in [0, 0.1) is 5.92 Å². The highest BCUT2D eigenvalue weighted by Gasteiger charge is 2.24. The van der Waals surface area contributed by atoms with Gasteiger partial charge in [0.05, 0.1) is 11.4 Å². The zero-order chi connectivity index (χ0) is 22.5. The van der Waals surface area contributed by atoms with Crippen LogP contribution in [0.2, 0.25) is 0 Å². The van der Waals surface area contributed by atoms with E-state index in [2.05, 4.69) is 23.2 Å². The van der Waals surface area contributed by atoms with Crippen LogP contribution >= 0.6 is 0 Å². The predicted octanol–water partition coefficient (Wildman–Crippen LogP) is 4.95. The van der Waals surface area contributed by atoms with E-state index in [-0.39, 0.29) is 11.7 Å². The molecule has 1 amide bonds. The highest BCUT2D eigenvalue weighted by atomic mass is 16.3. The average Bonchev–Trinajstić information content (AvgIpc) is 3.27. The van der Waals surface area contributed by atoms with Crippen molar-refractivity contribution in [1.29, 1.82) is 0 Å². The van der Waals surface area contributed by atoms with Crippen molar-refractivity contribution in [2.24, 2.45) is 5.92 Å². The van der Waals surface area contributed by atoms with E-state index < -0.39 is 5.92 Å². The number of rotatable bonds is 8. The Bertz CT molecular complexity index is 1210. The molecular weight excluding hydrogens is 400 g/mol. The maximum Gasteiger partial charge on any atom is 0.233 e. The number of H-pyrrole nitrogens is 1. The second-order valence-electron chi connectivity index (χ2n) is 7.87. The minimum absolute atomic E-state index is 0.159. The number of hydrogen-bond donors (Lipinski definition) is 2. The zero-order valence-corrected chi connectivity index (χ0v) is 18.0. The van der Waals surface area contributed by atoms with Crippen LogP contribution in [0.1, 0.15) is 18.1 Å². The summed E-state index contributed by atoms with van der Waals surface area (Å²) < 4.78 is 0. The van der Waals surface area contributed by atoms with Gasteiger partial charge in [0.15, 0.2) is 0 Å². The SMILES string of the molecule is CCN(Cc1cccc2c(-c3ccccc3)c[nH]c12)C(=O)C(C=O)Cc1ccc(O)cc1. The number of amides is 1. The van der Waals surface area contributed by atoms with Gasteiger partial charge in [-0.25, -0.2) is 0 Å². The van der Waals surface area contributed by atoms with E-state index in [4.69, 9.17) is 0 Å². The summed E-state index contributed by atoms with van der Waals surface area (Å²) in [7, 11) is 0. The molecule has 5 nitrogen and oxygen atoms in total. The van der Waals surface area contributed by atoms with Gasteiger partial charge in [-0.3, -0.25) is 4.79 Å². The first kappa shape index (κ1) is 21.4. The number of aromatic hydroxyl groups is 1. The molecule has 162 valence electrons. The number of nitrogens with zero attached hydrogens (tertiary/aromatic N) is 1. The molecule has 0 bridgehead atoms. The molecule has 3 aromatic carbocycles. The van der Waals surface area contributed by atoms with Crippen LogP contribution in [0.25, 0.3) is 22.0 Å². The third kappa shape index (κ3) is 4.42. The Morgan fingerprint density at radius 1 is 1.03 bits per heavy atom. The summed E-state index contributed by atoms with van der Waals surface area (Å²) in [6.07, 6.45) is 3.03. The van der Waals surface area contributed by atoms with Crippen molar-refractivity contribution in [2.75, 3.05) is 6.54 Å². The summed E-state index contributed by atoms with van der Waals surface area (Å²) in [6.45, 7) is 2.84. The number of phenolic OH excluding ortho intramolecular Hbond substituents is 1. The summed E-state index contributed by atoms with van der Waals surface area (Å²) in [5.74, 6) is -0.795. The van der Waals surface area contributed by atoms with Gasteiger partial charge in [-0.2, -0.15) is 0 Å². The van der Waals surface area contributed by atoms with Crippen LogP contribution in [0.4, 0.5) is 0 Å². The molecule has 4 rings (SSSR count). The van der Waals surface area contributed by atoms with Gasteiger partial charge in [-0.1, -0.05) is 60.7 Å². The lowest BCUT2D eigenvalue weighted by molar-refractivity contribution is -0.138. The van der Waals surface area contributed by atoms with E-state index in [1.54, 1.807) is 29.2 Å². The van der Waals surface area contributed by atoms with Gasteiger partial charge in [0, 0.05) is 30.2 Å². The smallest absolute Gasteiger partial charge is 0.233 e. The molecule has 0 aliphatic rings. The van der Waals surface area contributed by atoms with Crippen molar-refractivity contribution in [3.05, 3.63) is 90.1 Å². The van der Waals surface area contributed by atoms with E-state index in [0.29, 0.717) is 19.5 Å². The number of fused-ring (bicyclic) bond motifs is 1. The van der Waals surface area contributed by atoms with E-state index in [1.807, 2.05) is 43.5 Å². The van der Waals surface area contributed by atoms with Gasteiger partial charge in [-0.05, 0) is 42.2 Å². The highest BCUT2D eigenvalue weighted by molar-refractivity contribution is 5.97. The molecule has 0 aliphatic carbocycles. The van der Waals surface area contributed by atoms with E-state index >= 15 is 0 Å². The fourth-order valence-electron chi connectivity index (χ4n) is 4.07. The first-order valence-corrected chi connectivity index (χ1v) is 10.8. The van der Waals surface area contributed by atoms with Crippen molar-refractivity contribution in [1.82, 2.24) is 9.88 Å². The lowest BCUT2D eigenvalue weighted by atomic mass is 9.98. The molecule has 0 saturated heterocycles. The highest BCUT2D eigenvalue weighted by Crippen LogP contribution is 2.30. The van der Waals surface area contributed by atoms with Crippen LogP contribution in [-0.2, 0) is 22.6 Å². The maximum atomic E-state index is 13.2. The lowest BCUT2D eigenvalue weighted by Gasteiger charge is -2.24. The second kappa shape index (κ2) is 9.52. The molecule has 1 unspecified atom stereocenters. The molecule has 1 atom stereocenters. The number of hydrogen-bond acceptors (Lipinski definition) is 3. The minimum atomic E-state index is -0.762. The van der Waals surface area contributed by atoms with Crippen molar-refractivity contribution < 1.29 is 14.7 Å². The molecule has 4 aromatic rings. The first-order chi connectivity index (χ1) is 15.6. The van der Waals surface area contributed by atoms with Crippen LogP contribution in [0.15, 0.2) is 79.0 Å². The Balaban J connectivity index is 1.57. The van der Waals surface area contributed by atoms with Crippen LogP contribution < -0.4 is 0 Å². The number of nitrogens with one attached hydrogen (secondary N) is 1. The van der Waals surface area contributed by atoms with Crippen LogP contribution in [0.5, 0.6) is 5.75 Å². The number of phenols is 1. The van der Waals surface area contributed by atoms with Crippen molar-refractivity contribution >= 4 is 23.1 Å². The molecule has 0 fully saturated rings. The van der Waals surface area contributed by atoms with Gasteiger partial charge in [0.25, 0.3) is 0 Å². The van der Waals surface area contributed by atoms with Crippen LogP contribution in [-0.4, -0.2) is 33.7 Å². The number of benzene rings is 3. The van der Waals surface area contributed by atoms with Crippen LogP contribution in [0.3, 0.4) is 0 Å². The molecule has 0 aliphatic heterocycles. The number of carbonyl (C=O) groups is 2. The third-order valence-corrected chi connectivity index (χ3v) is 5.81. The summed E-state index contributed by atoms with van der Waals surface area (Å²) in [5, 5.41) is 10.6. The van der Waals surface area contributed by atoms with Gasteiger partial charge >= 0.3 is 0 Å². The fourth-order valence-corrected chi connectivity index (χ4v) is 4.07. The summed E-state index contributed by atoms with van der Waals surface area (Å²) in [4.78, 5) is 30.0. The largest absolute Gasteiger partial charge is 0.508 e. The zero-order valence-electron chi connectivity index (χ0n) is 18.0. The Labute approximate surface area is 187 Å². The molecule has 1 aromatic heterocycles. The Morgan fingerprint density at radius 3 is 2.47 bits per heavy atom. The number of aromatic nitrogens is 1. The summed E-state index contributed by atoms with van der Waals surface area (Å²) in [5.41, 5.74) is 5.10. The lowest BCUT2D eigenvalue weighted by Crippen LogP contribution is -2.37.